The van der Waals surface area contributed by atoms with Gasteiger partial charge in [-0.1, -0.05) is 13.0 Å². The summed E-state index contributed by atoms with van der Waals surface area (Å²) in [7, 11) is 0. The van der Waals surface area contributed by atoms with E-state index in [0.717, 1.165) is 12.2 Å². The summed E-state index contributed by atoms with van der Waals surface area (Å²) < 4.78 is 18.0. The lowest BCUT2D eigenvalue weighted by atomic mass is 10.2. The molecule has 0 bridgehead atoms. The van der Waals surface area contributed by atoms with Crippen LogP contribution in [0.4, 0.5) is 0 Å². The quantitative estimate of drug-likeness (QED) is 0.416. The molecule has 0 unspecified atom stereocenters. The van der Waals surface area contributed by atoms with E-state index in [4.69, 9.17) is 14.2 Å². The van der Waals surface area contributed by atoms with E-state index in [9.17, 15) is 4.79 Å². The van der Waals surface area contributed by atoms with Crippen LogP contribution in [0.1, 0.15) is 29.4 Å². The molecule has 0 aliphatic rings. The zero-order valence-electron chi connectivity index (χ0n) is 16.0. The third-order valence-electron chi connectivity index (χ3n) is 3.98. The molecule has 3 aromatic rings. The minimum absolute atomic E-state index is 0.140. The van der Waals surface area contributed by atoms with Gasteiger partial charge in [0, 0.05) is 6.20 Å². The maximum atomic E-state index is 12.3. The highest BCUT2D eigenvalue weighted by Gasteiger charge is 2.16. The third-order valence-corrected chi connectivity index (χ3v) is 3.98. The zero-order chi connectivity index (χ0) is 19.8. The van der Waals surface area contributed by atoms with E-state index in [-0.39, 0.29) is 13.2 Å². The Morgan fingerprint density at radius 2 is 1.71 bits per heavy atom. The van der Waals surface area contributed by atoms with Crippen molar-refractivity contribution in [2.24, 2.45) is 0 Å². The summed E-state index contributed by atoms with van der Waals surface area (Å²) in [6.45, 7) is 4.95. The van der Waals surface area contributed by atoms with E-state index in [0.29, 0.717) is 29.4 Å². The number of aromatic nitrogens is 3. The van der Waals surface area contributed by atoms with Crippen LogP contribution in [-0.2, 0) is 4.74 Å². The first kappa shape index (κ1) is 19.4. The van der Waals surface area contributed by atoms with E-state index >= 15 is 0 Å². The van der Waals surface area contributed by atoms with Crippen molar-refractivity contribution in [1.29, 1.82) is 0 Å². The average Bonchev–Trinajstić information content (AvgIpc) is 3.12. The van der Waals surface area contributed by atoms with Crippen LogP contribution in [-0.4, -0.2) is 40.6 Å². The molecule has 7 nitrogen and oxygen atoms in total. The van der Waals surface area contributed by atoms with Crippen molar-refractivity contribution >= 4 is 5.97 Å². The van der Waals surface area contributed by atoms with Gasteiger partial charge in [0.2, 0.25) is 0 Å². The van der Waals surface area contributed by atoms with Gasteiger partial charge in [0.1, 0.15) is 30.3 Å². The predicted molar refractivity (Wildman–Crippen MR) is 104 cm³/mol. The van der Waals surface area contributed by atoms with Crippen molar-refractivity contribution in [3.05, 3.63) is 66.1 Å². The van der Waals surface area contributed by atoms with Crippen molar-refractivity contribution in [2.45, 2.75) is 20.3 Å². The molecule has 0 saturated carbocycles. The molecule has 0 N–H and O–H groups in total. The summed E-state index contributed by atoms with van der Waals surface area (Å²) in [4.78, 5) is 16.5. The van der Waals surface area contributed by atoms with Crippen molar-refractivity contribution in [3.63, 3.8) is 0 Å². The lowest BCUT2D eigenvalue weighted by Gasteiger charge is -2.09. The Bertz CT molecular complexity index is 892. The summed E-state index contributed by atoms with van der Waals surface area (Å²) >= 11 is 0. The van der Waals surface area contributed by atoms with Crippen LogP contribution in [0.15, 0.2) is 54.9 Å². The zero-order valence-corrected chi connectivity index (χ0v) is 16.0. The topological polar surface area (TPSA) is 75.5 Å². The Morgan fingerprint density at radius 3 is 2.36 bits per heavy atom. The molecular formula is C21H23N3O4. The van der Waals surface area contributed by atoms with Crippen molar-refractivity contribution in [2.75, 3.05) is 19.8 Å². The molecule has 0 aliphatic heterocycles. The molecule has 7 heteroatoms. The van der Waals surface area contributed by atoms with E-state index in [1.54, 1.807) is 17.8 Å². The van der Waals surface area contributed by atoms with Gasteiger partial charge in [-0.3, -0.25) is 0 Å². The van der Waals surface area contributed by atoms with Crippen LogP contribution in [0, 0.1) is 6.92 Å². The molecule has 0 spiro atoms. The highest BCUT2D eigenvalue weighted by Crippen LogP contribution is 2.18. The van der Waals surface area contributed by atoms with E-state index in [1.807, 2.05) is 42.5 Å². The first-order valence-corrected chi connectivity index (χ1v) is 9.18. The molecule has 0 saturated heterocycles. The van der Waals surface area contributed by atoms with Crippen molar-refractivity contribution < 1.29 is 19.0 Å². The number of carbonyl (C=O) groups is 1. The Morgan fingerprint density at radius 1 is 1.00 bits per heavy atom. The van der Waals surface area contributed by atoms with E-state index < -0.39 is 5.97 Å². The number of ether oxygens (including phenoxy) is 3. The Hall–Kier alpha value is -3.35. The second-order valence-electron chi connectivity index (χ2n) is 6.05. The van der Waals surface area contributed by atoms with Crippen LogP contribution in [0.25, 0.3) is 5.82 Å². The standard InChI is InChI=1S/C21H23N3O4/c1-3-12-26-17-7-9-18(10-8-17)27-13-14-28-21(25)19-15-23-24(16(19)2)20-6-4-5-11-22-20/h4-11,15H,3,12-14H2,1-2H3. The highest BCUT2D eigenvalue weighted by atomic mass is 16.6. The van der Waals surface area contributed by atoms with Gasteiger partial charge < -0.3 is 14.2 Å². The van der Waals surface area contributed by atoms with E-state index in [2.05, 4.69) is 17.0 Å². The summed E-state index contributed by atoms with van der Waals surface area (Å²) in [5.41, 5.74) is 1.08. The largest absolute Gasteiger partial charge is 0.494 e. The lowest BCUT2D eigenvalue weighted by Crippen LogP contribution is -2.13. The first-order chi connectivity index (χ1) is 13.7. The number of hydrogen-bond donors (Lipinski definition) is 0. The SMILES string of the molecule is CCCOc1ccc(OCCOC(=O)c2cnn(-c3ccccn3)c2C)cc1. The van der Waals surface area contributed by atoms with Gasteiger partial charge in [-0.05, 0) is 49.7 Å². The maximum Gasteiger partial charge on any atom is 0.341 e. The molecule has 0 radical (unpaired) electrons. The van der Waals surface area contributed by atoms with Crippen LogP contribution in [0.3, 0.4) is 0 Å². The fourth-order valence-corrected chi connectivity index (χ4v) is 2.54. The molecule has 0 aliphatic carbocycles. The lowest BCUT2D eigenvalue weighted by molar-refractivity contribution is 0.0449. The molecule has 1 aromatic carbocycles. The van der Waals surface area contributed by atoms with Crippen LogP contribution < -0.4 is 9.47 Å². The van der Waals surface area contributed by atoms with Crippen molar-refractivity contribution in [1.82, 2.24) is 14.8 Å². The molecule has 2 heterocycles. The molecule has 3 rings (SSSR count). The normalized spacial score (nSPS) is 10.5. The monoisotopic (exact) mass is 381 g/mol. The molecule has 28 heavy (non-hydrogen) atoms. The average molecular weight is 381 g/mol. The Labute approximate surface area is 163 Å². The van der Waals surface area contributed by atoms with E-state index in [1.165, 1.54) is 6.20 Å². The number of pyridine rings is 1. The van der Waals surface area contributed by atoms with Crippen LogP contribution >= 0.6 is 0 Å². The fourth-order valence-electron chi connectivity index (χ4n) is 2.54. The van der Waals surface area contributed by atoms with Gasteiger partial charge in [0.15, 0.2) is 5.82 Å². The Kier molecular flexibility index (Phi) is 6.62. The number of rotatable bonds is 9. The van der Waals surface area contributed by atoms with Crippen LogP contribution in [0.2, 0.25) is 0 Å². The molecular weight excluding hydrogens is 358 g/mol. The molecule has 146 valence electrons. The highest BCUT2D eigenvalue weighted by molar-refractivity contribution is 5.90. The number of esters is 1. The third kappa shape index (κ3) is 4.88. The van der Waals surface area contributed by atoms with Gasteiger partial charge in [-0.25, -0.2) is 14.5 Å². The number of hydrogen-bond acceptors (Lipinski definition) is 6. The molecule has 0 fully saturated rings. The minimum atomic E-state index is -0.438. The molecule has 0 amide bonds. The smallest absolute Gasteiger partial charge is 0.341 e. The van der Waals surface area contributed by atoms with Gasteiger partial charge in [-0.15, -0.1) is 0 Å². The van der Waals surface area contributed by atoms with Gasteiger partial charge in [-0.2, -0.15) is 5.10 Å². The van der Waals surface area contributed by atoms with Gasteiger partial charge in [0.05, 0.1) is 18.5 Å². The summed E-state index contributed by atoms with van der Waals surface area (Å²) in [5.74, 6) is 1.71. The van der Waals surface area contributed by atoms with Gasteiger partial charge >= 0.3 is 5.97 Å². The predicted octanol–water partition coefficient (Wildman–Crippen LogP) is 3.60. The molecule has 0 atom stereocenters. The second kappa shape index (κ2) is 9.55. The van der Waals surface area contributed by atoms with Crippen LogP contribution in [0.5, 0.6) is 11.5 Å². The van der Waals surface area contributed by atoms with Crippen molar-refractivity contribution in [3.8, 4) is 17.3 Å². The second-order valence-corrected chi connectivity index (χ2v) is 6.05. The van der Waals surface area contributed by atoms with Gasteiger partial charge in [0.25, 0.3) is 0 Å². The molecule has 2 aromatic heterocycles. The maximum absolute atomic E-state index is 12.3. The summed E-state index contributed by atoms with van der Waals surface area (Å²) in [6.07, 6.45) is 4.13. The minimum Gasteiger partial charge on any atom is -0.494 e. The number of benzene rings is 1. The first-order valence-electron chi connectivity index (χ1n) is 9.18. The summed E-state index contributed by atoms with van der Waals surface area (Å²) in [5, 5.41) is 4.22. The fraction of sp³-hybridized carbons (Fsp3) is 0.286. The summed E-state index contributed by atoms with van der Waals surface area (Å²) in [6, 6.07) is 12.9. The number of carbonyl (C=O) groups excluding carboxylic acids is 1. The number of nitrogens with zero attached hydrogens (tertiary/aromatic N) is 3. The Balaban J connectivity index is 1.48.